The van der Waals surface area contributed by atoms with Crippen LogP contribution < -0.4 is 4.90 Å². The van der Waals surface area contributed by atoms with Crippen molar-refractivity contribution in [3.05, 3.63) is 89.2 Å². The molecule has 1 aliphatic rings. The van der Waals surface area contributed by atoms with Crippen LogP contribution in [0.15, 0.2) is 82.3 Å². The molecule has 2 aromatic carbocycles. The monoisotopic (exact) mass is 771 g/mol. The highest BCUT2D eigenvalue weighted by atomic mass is 32.2. The molecule has 284 valence electrons. The molecule has 0 bridgehead atoms. The fourth-order valence-corrected chi connectivity index (χ4v) is 7.93. The molecule has 0 spiro atoms. The number of hydrogen-bond acceptors (Lipinski definition) is 10. The lowest BCUT2D eigenvalue weighted by Gasteiger charge is -2.33. The SMILES string of the molecule is C=C(/C=C/C=C1/N(CC)c2ccc(S(=O)(=O)O)cc2C1(C)CCCS(=O)(=O)O)C(C)(CCOCCOCCOC)c1cc(S(=O)(=O)O)ccc1C. The molecule has 0 saturated heterocycles. The number of likely N-dealkylation sites (N-methyl/N-ethyl adjacent to an activating group) is 1. The van der Waals surface area contributed by atoms with E-state index in [1.807, 2.05) is 38.7 Å². The van der Waals surface area contributed by atoms with Gasteiger partial charge in [0.25, 0.3) is 30.4 Å². The Morgan fingerprint density at radius 1 is 0.922 bits per heavy atom. The van der Waals surface area contributed by atoms with Crippen molar-refractivity contribution in [1.82, 2.24) is 0 Å². The van der Waals surface area contributed by atoms with E-state index in [2.05, 4.69) is 6.58 Å². The van der Waals surface area contributed by atoms with E-state index in [0.717, 1.165) is 11.3 Å². The average Bonchev–Trinajstić information content (AvgIpc) is 3.27. The molecule has 2 aromatic rings. The standard InChI is InChI=1S/C35H49NO12S3/c1-7-36-32-15-14-29(51(43,44)45)25-31(32)35(5,16-9-23-49(37,38)39)33(36)11-8-10-27(3)34(4,17-18-47-21-22-48-20-19-46-6)30-24-28(50(40,41)42)13-12-26(30)2/h8,10-15,24-25H,3,7,9,16-23H2,1-2,4-6H3,(H,37,38,39)(H,40,41,42)(H,43,44,45)/b10-8+,33-11+. The quantitative estimate of drug-likeness (QED) is 0.0896. The van der Waals surface area contributed by atoms with E-state index in [9.17, 15) is 38.9 Å². The second-order valence-electron chi connectivity index (χ2n) is 12.8. The van der Waals surface area contributed by atoms with Crippen LogP contribution in [0, 0.1) is 6.92 Å². The Bertz CT molecular complexity index is 1960. The van der Waals surface area contributed by atoms with Crippen molar-refractivity contribution >= 4 is 36.0 Å². The van der Waals surface area contributed by atoms with E-state index in [1.165, 1.54) is 24.3 Å². The minimum atomic E-state index is -4.54. The maximum atomic E-state index is 12.1. The molecular formula is C35H49NO12S3. The molecule has 3 N–H and O–H groups in total. The van der Waals surface area contributed by atoms with Gasteiger partial charge in [0.1, 0.15) is 0 Å². The summed E-state index contributed by atoms with van der Waals surface area (Å²) in [5.41, 5.74) is 2.16. The first-order chi connectivity index (χ1) is 23.7. The highest BCUT2D eigenvalue weighted by molar-refractivity contribution is 7.86. The third-order valence-corrected chi connectivity index (χ3v) is 11.8. The molecule has 13 nitrogen and oxygen atoms in total. The molecule has 0 aromatic heterocycles. The van der Waals surface area contributed by atoms with Gasteiger partial charge in [-0.05, 0) is 98.7 Å². The van der Waals surface area contributed by atoms with Crippen molar-refractivity contribution in [1.29, 1.82) is 0 Å². The largest absolute Gasteiger partial charge is 0.382 e. The Balaban J connectivity index is 2.05. The van der Waals surface area contributed by atoms with Crippen molar-refractivity contribution in [3.63, 3.8) is 0 Å². The van der Waals surface area contributed by atoms with Crippen LogP contribution in [0.2, 0.25) is 0 Å². The number of benzene rings is 2. The van der Waals surface area contributed by atoms with Crippen LogP contribution in [0.3, 0.4) is 0 Å². The zero-order chi connectivity index (χ0) is 38.3. The number of hydrogen-bond donors (Lipinski definition) is 3. The number of aryl methyl sites for hydroxylation is 1. The van der Waals surface area contributed by atoms with E-state index in [1.54, 1.807) is 31.4 Å². The summed E-state index contributed by atoms with van der Waals surface area (Å²) >= 11 is 0. The normalized spacial score (nSPS) is 18.7. The van der Waals surface area contributed by atoms with Crippen LogP contribution >= 0.6 is 0 Å². The summed E-state index contributed by atoms with van der Waals surface area (Å²) in [4.78, 5) is 1.41. The van der Waals surface area contributed by atoms with Gasteiger partial charge in [-0.3, -0.25) is 13.7 Å². The van der Waals surface area contributed by atoms with Gasteiger partial charge in [0, 0.05) is 42.5 Å². The minimum Gasteiger partial charge on any atom is -0.382 e. The summed E-state index contributed by atoms with van der Waals surface area (Å²) in [5.74, 6) is -0.496. The molecule has 0 radical (unpaired) electrons. The van der Waals surface area contributed by atoms with Crippen molar-refractivity contribution in [2.75, 3.05) is 57.3 Å². The Morgan fingerprint density at radius 2 is 1.51 bits per heavy atom. The molecule has 0 amide bonds. The van der Waals surface area contributed by atoms with Crippen molar-refractivity contribution in [3.8, 4) is 0 Å². The molecule has 1 heterocycles. The summed E-state index contributed by atoms with van der Waals surface area (Å²) in [6.07, 6.45) is 6.04. The molecule has 0 aliphatic carbocycles. The summed E-state index contributed by atoms with van der Waals surface area (Å²) in [6, 6.07) is 8.67. The van der Waals surface area contributed by atoms with E-state index in [-0.39, 0.29) is 29.2 Å². The van der Waals surface area contributed by atoms with Gasteiger partial charge in [-0.2, -0.15) is 25.3 Å². The maximum absolute atomic E-state index is 12.1. The first-order valence-corrected chi connectivity index (χ1v) is 20.8. The van der Waals surface area contributed by atoms with Gasteiger partial charge < -0.3 is 19.1 Å². The highest BCUT2D eigenvalue weighted by Crippen LogP contribution is 2.51. The summed E-state index contributed by atoms with van der Waals surface area (Å²) in [5, 5.41) is 0. The van der Waals surface area contributed by atoms with Crippen molar-refractivity contribution in [2.45, 2.75) is 67.6 Å². The Morgan fingerprint density at radius 3 is 2.10 bits per heavy atom. The molecule has 0 fully saturated rings. The third kappa shape index (κ3) is 10.8. The smallest absolute Gasteiger partial charge is 0.294 e. The van der Waals surface area contributed by atoms with Gasteiger partial charge in [-0.25, -0.2) is 0 Å². The molecule has 3 rings (SSSR count). The predicted molar refractivity (Wildman–Crippen MR) is 195 cm³/mol. The second-order valence-corrected chi connectivity index (χ2v) is 17.2. The van der Waals surface area contributed by atoms with E-state index in [4.69, 9.17) is 14.2 Å². The third-order valence-electron chi connectivity index (χ3n) is 9.31. The molecule has 51 heavy (non-hydrogen) atoms. The number of allylic oxidation sites excluding steroid dienone is 5. The van der Waals surface area contributed by atoms with Gasteiger partial charge in [0.15, 0.2) is 0 Å². The summed E-state index contributed by atoms with van der Waals surface area (Å²) in [7, 11) is -11.7. The topological polar surface area (TPSA) is 194 Å². The number of rotatable bonds is 20. The average molecular weight is 772 g/mol. The van der Waals surface area contributed by atoms with Crippen LogP contribution in [0.1, 0.15) is 56.7 Å². The van der Waals surface area contributed by atoms with Crippen molar-refractivity contribution in [2.24, 2.45) is 0 Å². The lowest BCUT2D eigenvalue weighted by Crippen LogP contribution is -2.29. The molecule has 1 aliphatic heterocycles. The lowest BCUT2D eigenvalue weighted by atomic mass is 9.72. The zero-order valence-electron chi connectivity index (χ0n) is 29.7. The van der Waals surface area contributed by atoms with E-state index >= 15 is 0 Å². The van der Waals surface area contributed by atoms with Crippen LogP contribution in [-0.4, -0.2) is 91.4 Å². The zero-order valence-corrected chi connectivity index (χ0v) is 32.1. The van der Waals surface area contributed by atoms with Crippen LogP contribution in [0.25, 0.3) is 0 Å². The second kappa shape index (κ2) is 17.3. The minimum absolute atomic E-state index is 0.0646. The van der Waals surface area contributed by atoms with Gasteiger partial charge in [-0.15, -0.1) is 0 Å². The fourth-order valence-electron chi connectivity index (χ4n) is 6.41. The first kappa shape index (κ1) is 42.5. The van der Waals surface area contributed by atoms with Gasteiger partial charge >= 0.3 is 0 Å². The summed E-state index contributed by atoms with van der Waals surface area (Å²) < 4.78 is 117. The molecule has 2 atom stereocenters. The number of anilines is 1. The highest BCUT2D eigenvalue weighted by Gasteiger charge is 2.43. The molecule has 0 saturated carbocycles. The summed E-state index contributed by atoms with van der Waals surface area (Å²) in [6.45, 7) is 14.2. The number of nitrogens with zero attached hydrogens (tertiary/aromatic N) is 1. The number of methoxy groups -OCH3 is 1. The van der Waals surface area contributed by atoms with Crippen LogP contribution in [0.4, 0.5) is 5.69 Å². The Kier molecular flexibility index (Phi) is 14.4. The lowest BCUT2D eigenvalue weighted by molar-refractivity contribution is 0.0219. The predicted octanol–water partition coefficient (Wildman–Crippen LogP) is 5.28. The van der Waals surface area contributed by atoms with E-state index in [0.29, 0.717) is 61.8 Å². The van der Waals surface area contributed by atoms with Gasteiger partial charge in [0.2, 0.25) is 0 Å². The number of ether oxygens (including phenoxy) is 3. The van der Waals surface area contributed by atoms with Crippen molar-refractivity contribution < 1.29 is 53.1 Å². The maximum Gasteiger partial charge on any atom is 0.294 e. The van der Waals surface area contributed by atoms with Gasteiger partial charge in [0.05, 0.1) is 42.0 Å². The first-order valence-electron chi connectivity index (χ1n) is 16.3. The molecule has 2 unspecified atom stereocenters. The molecule has 16 heteroatoms. The molecular weight excluding hydrogens is 723 g/mol. The van der Waals surface area contributed by atoms with Crippen LogP contribution in [0.5, 0.6) is 0 Å². The Hall–Kier alpha value is -2.93. The number of fused-ring (bicyclic) bond motifs is 1. The Labute approximate surface area is 302 Å². The van der Waals surface area contributed by atoms with Gasteiger partial charge in [-0.1, -0.05) is 31.7 Å². The fraction of sp³-hybridized carbons (Fsp3) is 0.486. The van der Waals surface area contributed by atoms with E-state index < -0.39 is 46.9 Å². The van der Waals surface area contributed by atoms with Crippen LogP contribution in [-0.2, 0) is 55.4 Å².